The van der Waals surface area contributed by atoms with Gasteiger partial charge in [0.05, 0.1) is 0 Å². The third-order valence-corrected chi connectivity index (χ3v) is 3.17. The number of fused-ring (bicyclic) bond motifs is 1. The van der Waals surface area contributed by atoms with Gasteiger partial charge >= 0.3 is 0 Å². The van der Waals surface area contributed by atoms with Crippen molar-refractivity contribution in [1.29, 1.82) is 0 Å². The van der Waals surface area contributed by atoms with Crippen LogP contribution in [-0.4, -0.2) is 25.5 Å². The van der Waals surface area contributed by atoms with E-state index in [-0.39, 0.29) is 56.2 Å². The molecule has 0 spiro atoms. The standard InChI is InChI=1S/C15H10O7.Au/c16-7-4-10(19)12-11(5-7)22-15(14(21)13(12)20)6-1-2-8(17)9(18)3-6;/h1-5,16-19,21H;. The molecule has 2 aromatic carbocycles. The van der Waals surface area contributed by atoms with Crippen molar-refractivity contribution < 1.29 is 52.3 Å². The average Bonchev–Trinajstić information content (AvgIpc) is 2.45. The second-order valence-corrected chi connectivity index (χ2v) is 4.65. The van der Waals surface area contributed by atoms with Gasteiger partial charge in [0.2, 0.25) is 11.2 Å². The Labute approximate surface area is 144 Å². The van der Waals surface area contributed by atoms with Gasteiger partial charge in [0.25, 0.3) is 0 Å². The van der Waals surface area contributed by atoms with Crippen LogP contribution in [0.15, 0.2) is 39.5 Å². The maximum Gasteiger partial charge on any atom is 0.238 e. The quantitative estimate of drug-likeness (QED) is 0.256. The van der Waals surface area contributed by atoms with Crippen molar-refractivity contribution in [3.63, 3.8) is 0 Å². The Bertz CT molecular complexity index is 962. The third kappa shape index (κ3) is 2.72. The number of benzene rings is 2. The zero-order valence-corrected chi connectivity index (χ0v) is 13.4. The van der Waals surface area contributed by atoms with Crippen LogP contribution in [0.5, 0.6) is 28.7 Å². The van der Waals surface area contributed by atoms with E-state index in [9.17, 15) is 30.3 Å². The monoisotopic (exact) mass is 499 g/mol. The number of rotatable bonds is 1. The first-order valence-corrected chi connectivity index (χ1v) is 6.12. The minimum Gasteiger partial charge on any atom is -0.508 e. The first-order chi connectivity index (χ1) is 10.4. The summed E-state index contributed by atoms with van der Waals surface area (Å²) in [5.74, 6) is -2.71. The van der Waals surface area contributed by atoms with Crippen molar-refractivity contribution >= 4 is 11.0 Å². The molecule has 3 rings (SSSR count). The third-order valence-electron chi connectivity index (χ3n) is 3.17. The Balaban J connectivity index is 0.00000192. The van der Waals surface area contributed by atoms with Crippen molar-refractivity contribution in [2.45, 2.75) is 0 Å². The van der Waals surface area contributed by atoms with Crippen molar-refractivity contribution in [3.05, 3.63) is 40.6 Å². The van der Waals surface area contributed by atoms with Gasteiger partial charge in [-0.15, -0.1) is 0 Å². The van der Waals surface area contributed by atoms with Crippen molar-refractivity contribution in [1.82, 2.24) is 0 Å². The van der Waals surface area contributed by atoms with Gasteiger partial charge in [-0.2, -0.15) is 0 Å². The van der Waals surface area contributed by atoms with E-state index in [0.29, 0.717) is 0 Å². The summed E-state index contributed by atoms with van der Waals surface area (Å²) in [6.45, 7) is 0. The minimum absolute atomic E-state index is 0. The maximum atomic E-state index is 12.1. The number of phenolic OH excluding ortho intramolecular Hbond substituents is 4. The smallest absolute Gasteiger partial charge is 0.238 e. The number of hydrogen-bond donors (Lipinski definition) is 5. The zero-order valence-electron chi connectivity index (χ0n) is 11.2. The van der Waals surface area contributed by atoms with Gasteiger partial charge in [-0.1, -0.05) is 0 Å². The van der Waals surface area contributed by atoms with Gasteiger partial charge in [-0.25, -0.2) is 0 Å². The molecule has 0 unspecified atom stereocenters. The van der Waals surface area contributed by atoms with E-state index in [1.54, 1.807) is 0 Å². The molecule has 0 fully saturated rings. The molecule has 0 saturated heterocycles. The Morgan fingerprint density at radius 3 is 2.17 bits per heavy atom. The van der Waals surface area contributed by atoms with Gasteiger partial charge in [0.1, 0.15) is 22.5 Å². The van der Waals surface area contributed by atoms with Crippen LogP contribution in [0.2, 0.25) is 0 Å². The molecule has 5 N–H and O–H groups in total. The van der Waals surface area contributed by atoms with E-state index in [1.807, 2.05) is 0 Å². The van der Waals surface area contributed by atoms with E-state index in [0.717, 1.165) is 24.3 Å². The molecular formula is C15H10AuO7. The number of aromatic hydroxyl groups is 5. The summed E-state index contributed by atoms with van der Waals surface area (Å²) in [5, 5.41) is 47.6. The Morgan fingerprint density at radius 1 is 0.826 bits per heavy atom. The largest absolute Gasteiger partial charge is 0.508 e. The molecule has 1 radical (unpaired) electrons. The SMILES string of the molecule is O=c1c(O)c(-c2ccc(O)c(O)c2)oc2cc(O)cc(O)c12.[Au]. The minimum atomic E-state index is -0.888. The van der Waals surface area contributed by atoms with E-state index < -0.39 is 22.7 Å². The summed E-state index contributed by atoms with van der Waals surface area (Å²) < 4.78 is 5.35. The summed E-state index contributed by atoms with van der Waals surface area (Å²) in [4.78, 5) is 12.1. The molecule has 0 atom stereocenters. The van der Waals surface area contributed by atoms with Gasteiger partial charge in [0, 0.05) is 40.1 Å². The van der Waals surface area contributed by atoms with Gasteiger partial charge < -0.3 is 29.9 Å². The second-order valence-electron chi connectivity index (χ2n) is 4.65. The van der Waals surface area contributed by atoms with Crippen LogP contribution in [0.3, 0.4) is 0 Å². The van der Waals surface area contributed by atoms with Crippen LogP contribution in [0.4, 0.5) is 0 Å². The Kier molecular flexibility index (Phi) is 4.28. The molecule has 0 aliphatic heterocycles. The fourth-order valence-electron chi connectivity index (χ4n) is 2.14. The van der Waals surface area contributed by atoms with Crippen LogP contribution in [0.1, 0.15) is 0 Å². The molecular weight excluding hydrogens is 489 g/mol. The topological polar surface area (TPSA) is 131 Å². The van der Waals surface area contributed by atoms with E-state index in [1.165, 1.54) is 6.07 Å². The molecule has 0 saturated carbocycles. The van der Waals surface area contributed by atoms with Gasteiger partial charge in [-0.05, 0) is 18.2 Å². The van der Waals surface area contributed by atoms with Crippen molar-refractivity contribution in [2.24, 2.45) is 0 Å². The molecule has 0 bridgehead atoms. The normalized spacial score (nSPS) is 10.4. The van der Waals surface area contributed by atoms with E-state index in [4.69, 9.17) is 4.42 Å². The molecule has 7 nitrogen and oxygen atoms in total. The molecule has 0 aliphatic carbocycles. The summed E-state index contributed by atoms with van der Waals surface area (Å²) in [6, 6.07) is 5.64. The molecule has 1 aromatic heterocycles. The summed E-state index contributed by atoms with van der Waals surface area (Å²) >= 11 is 0. The van der Waals surface area contributed by atoms with Crippen molar-refractivity contribution in [2.75, 3.05) is 0 Å². The zero-order chi connectivity index (χ0) is 16.0. The predicted octanol–water partition coefficient (Wildman–Crippen LogP) is 1.99. The van der Waals surface area contributed by atoms with Crippen LogP contribution in [0, 0.1) is 0 Å². The summed E-state index contributed by atoms with van der Waals surface area (Å²) in [7, 11) is 0. The van der Waals surface area contributed by atoms with Crippen LogP contribution >= 0.6 is 0 Å². The van der Waals surface area contributed by atoms with Gasteiger partial charge in [-0.3, -0.25) is 4.79 Å². The molecule has 1 heterocycles. The van der Waals surface area contributed by atoms with E-state index in [2.05, 4.69) is 0 Å². The molecule has 3 aromatic rings. The molecule has 23 heavy (non-hydrogen) atoms. The Morgan fingerprint density at radius 2 is 1.52 bits per heavy atom. The number of hydrogen-bond acceptors (Lipinski definition) is 7. The first-order valence-electron chi connectivity index (χ1n) is 6.12. The van der Waals surface area contributed by atoms with Gasteiger partial charge in [0.15, 0.2) is 17.3 Å². The van der Waals surface area contributed by atoms with Crippen LogP contribution in [-0.2, 0) is 22.4 Å². The predicted molar refractivity (Wildman–Crippen MR) is 76.2 cm³/mol. The second kappa shape index (κ2) is 5.88. The Hall–Kier alpha value is -2.61. The fraction of sp³-hybridized carbons (Fsp3) is 0. The molecule has 123 valence electrons. The average molecular weight is 499 g/mol. The van der Waals surface area contributed by atoms with Crippen molar-refractivity contribution in [3.8, 4) is 40.1 Å². The first kappa shape index (κ1) is 16.8. The van der Waals surface area contributed by atoms with E-state index >= 15 is 0 Å². The number of phenols is 4. The molecule has 8 heteroatoms. The van der Waals surface area contributed by atoms with Crippen LogP contribution < -0.4 is 5.43 Å². The summed E-state index contributed by atoms with van der Waals surface area (Å²) in [6.07, 6.45) is 0. The molecule has 0 amide bonds. The molecule has 0 aliphatic rings. The van der Waals surface area contributed by atoms with Crippen LogP contribution in [0.25, 0.3) is 22.3 Å². The maximum absolute atomic E-state index is 12.1. The summed E-state index contributed by atoms with van der Waals surface area (Å²) in [5.41, 5.74) is -0.890. The fourth-order valence-corrected chi connectivity index (χ4v) is 2.14.